The van der Waals surface area contributed by atoms with E-state index in [1.165, 1.54) is 44.9 Å². The molecule has 15 heavy (non-hydrogen) atoms. The molecule has 1 aliphatic carbocycles. The van der Waals surface area contributed by atoms with Crippen LogP contribution in [0.25, 0.3) is 0 Å². The van der Waals surface area contributed by atoms with E-state index in [-0.39, 0.29) is 0 Å². The summed E-state index contributed by atoms with van der Waals surface area (Å²) in [6.45, 7) is 9.56. The molecule has 0 N–H and O–H groups in total. The van der Waals surface area contributed by atoms with Gasteiger partial charge >= 0.3 is 0 Å². The minimum absolute atomic E-state index is 0.950. The van der Waals surface area contributed by atoms with Crippen molar-refractivity contribution in [1.82, 2.24) is 0 Å². The quantitative estimate of drug-likeness (QED) is 0.579. The molecule has 0 heterocycles. The summed E-state index contributed by atoms with van der Waals surface area (Å²) < 4.78 is 0. The van der Waals surface area contributed by atoms with Crippen LogP contribution in [-0.4, -0.2) is 0 Å². The third kappa shape index (κ3) is 4.17. The van der Waals surface area contributed by atoms with Crippen molar-refractivity contribution in [2.75, 3.05) is 0 Å². The summed E-state index contributed by atoms with van der Waals surface area (Å²) in [5.74, 6) is 4.00. The molecule has 0 aromatic carbocycles. The molecule has 0 heteroatoms. The maximum absolute atomic E-state index is 2.45. The second-order valence-electron chi connectivity index (χ2n) is 5.93. The standard InChI is InChI=1S/C15H30/c1-5-12(3)10-14-8-7-9-15(11-14)13(4)6-2/h12-15H,5-11H2,1-4H3. The lowest BCUT2D eigenvalue weighted by atomic mass is 9.72. The average Bonchev–Trinajstić information content (AvgIpc) is 2.28. The van der Waals surface area contributed by atoms with Gasteiger partial charge in [0.2, 0.25) is 0 Å². The highest BCUT2D eigenvalue weighted by Gasteiger charge is 2.25. The van der Waals surface area contributed by atoms with Crippen LogP contribution in [0.2, 0.25) is 0 Å². The second-order valence-corrected chi connectivity index (χ2v) is 5.93. The topological polar surface area (TPSA) is 0 Å². The zero-order valence-electron chi connectivity index (χ0n) is 11.3. The van der Waals surface area contributed by atoms with Crippen LogP contribution in [0.1, 0.15) is 72.6 Å². The smallest absolute Gasteiger partial charge is 0.0386 e. The van der Waals surface area contributed by atoms with E-state index in [4.69, 9.17) is 0 Å². The Morgan fingerprint density at radius 3 is 2.40 bits per heavy atom. The Morgan fingerprint density at radius 1 is 1.07 bits per heavy atom. The second kappa shape index (κ2) is 6.55. The fourth-order valence-corrected chi connectivity index (χ4v) is 3.13. The molecule has 1 aliphatic rings. The van der Waals surface area contributed by atoms with E-state index < -0.39 is 0 Å². The van der Waals surface area contributed by atoms with Crippen molar-refractivity contribution in [2.24, 2.45) is 23.7 Å². The van der Waals surface area contributed by atoms with Crippen LogP contribution in [0.3, 0.4) is 0 Å². The van der Waals surface area contributed by atoms with Crippen LogP contribution in [-0.2, 0) is 0 Å². The van der Waals surface area contributed by atoms with E-state index >= 15 is 0 Å². The Balaban J connectivity index is 2.35. The first-order chi connectivity index (χ1) is 7.17. The van der Waals surface area contributed by atoms with Gasteiger partial charge in [0, 0.05) is 0 Å². The Hall–Kier alpha value is 0. The summed E-state index contributed by atoms with van der Waals surface area (Å²) in [6, 6.07) is 0. The highest BCUT2D eigenvalue weighted by molar-refractivity contribution is 4.77. The molecule has 1 fully saturated rings. The van der Waals surface area contributed by atoms with Gasteiger partial charge in [-0.05, 0) is 36.5 Å². The predicted octanol–water partition coefficient (Wildman–Crippen LogP) is 5.28. The molecular weight excluding hydrogens is 180 g/mol. The van der Waals surface area contributed by atoms with Crippen LogP contribution in [0.4, 0.5) is 0 Å². The maximum atomic E-state index is 2.45. The van der Waals surface area contributed by atoms with E-state index in [1.54, 1.807) is 0 Å². The molecule has 0 aromatic rings. The Kier molecular flexibility index (Phi) is 5.71. The minimum atomic E-state index is 0.950. The lowest BCUT2D eigenvalue weighted by molar-refractivity contribution is 0.180. The average molecular weight is 210 g/mol. The maximum Gasteiger partial charge on any atom is -0.0386 e. The van der Waals surface area contributed by atoms with Crippen molar-refractivity contribution in [3.63, 3.8) is 0 Å². The van der Waals surface area contributed by atoms with Crippen molar-refractivity contribution in [2.45, 2.75) is 72.6 Å². The lowest BCUT2D eigenvalue weighted by Crippen LogP contribution is -2.22. The van der Waals surface area contributed by atoms with Gasteiger partial charge in [0.05, 0.1) is 0 Å². The van der Waals surface area contributed by atoms with Crippen molar-refractivity contribution in [1.29, 1.82) is 0 Å². The van der Waals surface area contributed by atoms with E-state index in [0.717, 1.165) is 23.7 Å². The van der Waals surface area contributed by atoms with Gasteiger partial charge < -0.3 is 0 Å². The highest BCUT2D eigenvalue weighted by Crippen LogP contribution is 2.37. The molecule has 4 unspecified atom stereocenters. The molecule has 4 atom stereocenters. The summed E-state index contributed by atoms with van der Waals surface area (Å²) in [5.41, 5.74) is 0. The SMILES string of the molecule is CCC(C)CC1CCCC(C(C)CC)C1. The van der Waals surface area contributed by atoms with Gasteiger partial charge in [-0.1, -0.05) is 59.8 Å². The molecule has 0 aromatic heterocycles. The molecule has 0 saturated heterocycles. The van der Waals surface area contributed by atoms with Crippen LogP contribution in [0.5, 0.6) is 0 Å². The van der Waals surface area contributed by atoms with Gasteiger partial charge in [-0.15, -0.1) is 0 Å². The Bertz CT molecular complexity index is 161. The van der Waals surface area contributed by atoms with Gasteiger partial charge in [-0.3, -0.25) is 0 Å². The van der Waals surface area contributed by atoms with Crippen LogP contribution >= 0.6 is 0 Å². The number of hydrogen-bond donors (Lipinski definition) is 0. The van der Waals surface area contributed by atoms with E-state index in [0.29, 0.717) is 0 Å². The van der Waals surface area contributed by atoms with Crippen molar-refractivity contribution >= 4 is 0 Å². The summed E-state index contributed by atoms with van der Waals surface area (Å²) in [6.07, 6.45) is 10.3. The third-order valence-corrected chi connectivity index (χ3v) is 4.70. The highest BCUT2D eigenvalue weighted by atomic mass is 14.3. The summed E-state index contributed by atoms with van der Waals surface area (Å²) in [5, 5.41) is 0. The first-order valence-corrected chi connectivity index (χ1v) is 7.17. The van der Waals surface area contributed by atoms with E-state index in [1.807, 2.05) is 0 Å². The predicted molar refractivity (Wildman–Crippen MR) is 69.0 cm³/mol. The fraction of sp³-hybridized carbons (Fsp3) is 1.00. The normalized spacial score (nSPS) is 31.2. The van der Waals surface area contributed by atoms with Crippen molar-refractivity contribution < 1.29 is 0 Å². The summed E-state index contributed by atoms with van der Waals surface area (Å²) >= 11 is 0. The first kappa shape index (κ1) is 13.1. The lowest BCUT2D eigenvalue weighted by Gasteiger charge is -2.33. The van der Waals surface area contributed by atoms with Gasteiger partial charge in [-0.2, -0.15) is 0 Å². The third-order valence-electron chi connectivity index (χ3n) is 4.70. The zero-order chi connectivity index (χ0) is 11.3. The van der Waals surface area contributed by atoms with E-state index in [9.17, 15) is 0 Å². The van der Waals surface area contributed by atoms with Crippen molar-refractivity contribution in [3.05, 3.63) is 0 Å². The van der Waals surface area contributed by atoms with Crippen LogP contribution < -0.4 is 0 Å². The molecule has 0 spiro atoms. The zero-order valence-corrected chi connectivity index (χ0v) is 11.3. The number of hydrogen-bond acceptors (Lipinski definition) is 0. The van der Waals surface area contributed by atoms with Gasteiger partial charge in [-0.25, -0.2) is 0 Å². The molecule has 0 bridgehead atoms. The van der Waals surface area contributed by atoms with Gasteiger partial charge in [0.15, 0.2) is 0 Å². The largest absolute Gasteiger partial charge is 0.0651 e. The molecule has 90 valence electrons. The molecule has 1 saturated carbocycles. The van der Waals surface area contributed by atoms with Crippen LogP contribution in [0.15, 0.2) is 0 Å². The first-order valence-electron chi connectivity index (χ1n) is 7.17. The Labute approximate surface area is 96.8 Å². The van der Waals surface area contributed by atoms with Gasteiger partial charge in [0.1, 0.15) is 0 Å². The fourth-order valence-electron chi connectivity index (χ4n) is 3.13. The molecule has 0 radical (unpaired) electrons. The Morgan fingerprint density at radius 2 is 1.80 bits per heavy atom. The molecule has 0 nitrogen and oxygen atoms in total. The number of rotatable bonds is 5. The molecule has 0 aliphatic heterocycles. The van der Waals surface area contributed by atoms with Crippen LogP contribution in [0, 0.1) is 23.7 Å². The molecule has 0 amide bonds. The monoisotopic (exact) mass is 210 g/mol. The minimum Gasteiger partial charge on any atom is -0.0651 e. The molecular formula is C15H30. The van der Waals surface area contributed by atoms with Gasteiger partial charge in [0.25, 0.3) is 0 Å². The summed E-state index contributed by atoms with van der Waals surface area (Å²) in [4.78, 5) is 0. The van der Waals surface area contributed by atoms with E-state index in [2.05, 4.69) is 27.7 Å². The van der Waals surface area contributed by atoms with Crippen molar-refractivity contribution in [3.8, 4) is 0 Å². The summed E-state index contributed by atoms with van der Waals surface area (Å²) in [7, 11) is 0. The molecule has 1 rings (SSSR count).